The van der Waals surface area contributed by atoms with Gasteiger partial charge >= 0.3 is 12.1 Å². The van der Waals surface area contributed by atoms with Crippen LogP contribution in [0.1, 0.15) is 29.0 Å². The van der Waals surface area contributed by atoms with Crippen LogP contribution in [-0.2, 0) is 15.3 Å². The fourth-order valence-electron chi connectivity index (χ4n) is 4.01. The summed E-state index contributed by atoms with van der Waals surface area (Å²) in [6.07, 6.45) is -0.371. The van der Waals surface area contributed by atoms with E-state index in [1.165, 1.54) is 5.56 Å². The van der Waals surface area contributed by atoms with Crippen molar-refractivity contribution in [2.45, 2.75) is 24.1 Å². The summed E-state index contributed by atoms with van der Waals surface area (Å²) in [5.41, 5.74) is 5.72. The monoisotopic (exact) mass is 447 g/mol. The van der Waals surface area contributed by atoms with Crippen LogP contribution >= 0.6 is 11.8 Å². The molecule has 0 bridgehead atoms. The quantitative estimate of drug-likeness (QED) is 0.435. The van der Waals surface area contributed by atoms with Crippen LogP contribution in [0.4, 0.5) is 4.79 Å². The molecule has 3 aromatic rings. The number of alkyl carbamates (subject to hydrolysis) is 1. The van der Waals surface area contributed by atoms with Gasteiger partial charge in [-0.05, 0) is 40.0 Å². The minimum absolute atomic E-state index is 0.0575. The van der Waals surface area contributed by atoms with E-state index in [-0.39, 0.29) is 12.5 Å². The van der Waals surface area contributed by atoms with Crippen LogP contribution in [0, 0.1) is 0 Å². The van der Waals surface area contributed by atoms with Gasteiger partial charge in [-0.3, -0.25) is 0 Å². The molecule has 3 aromatic carbocycles. The third-order valence-corrected chi connectivity index (χ3v) is 6.66. The molecule has 4 rings (SSSR count). The molecule has 0 heterocycles. The normalized spacial score (nSPS) is 13.1. The van der Waals surface area contributed by atoms with Crippen molar-refractivity contribution >= 4 is 23.8 Å². The Morgan fingerprint density at radius 2 is 1.50 bits per heavy atom. The van der Waals surface area contributed by atoms with Gasteiger partial charge in [0.25, 0.3) is 0 Å². The number of nitrogens with one attached hydrogen (secondary N) is 1. The molecule has 164 valence electrons. The Kier molecular flexibility index (Phi) is 7.12. The number of ether oxygens (including phenoxy) is 1. The zero-order chi connectivity index (χ0) is 22.3. The number of hydrogen-bond acceptors (Lipinski definition) is 4. The van der Waals surface area contributed by atoms with Crippen LogP contribution in [0.5, 0.6) is 0 Å². The van der Waals surface area contributed by atoms with E-state index >= 15 is 0 Å². The van der Waals surface area contributed by atoms with E-state index in [2.05, 4.69) is 17.4 Å². The Morgan fingerprint density at radius 1 is 0.906 bits per heavy atom. The van der Waals surface area contributed by atoms with Gasteiger partial charge in [0.1, 0.15) is 12.6 Å². The fraction of sp³-hybridized carbons (Fsp3) is 0.231. The summed E-state index contributed by atoms with van der Waals surface area (Å²) in [5, 5.41) is 12.0. The fourth-order valence-corrected chi connectivity index (χ4v) is 4.98. The summed E-state index contributed by atoms with van der Waals surface area (Å²) in [4.78, 5) is 24.0. The second-order valence-electron chi connectivity index (χ2n) is 7.69. The molecule has 0 fully saturated rings. The predicted molar refractivity (Wildman–Crippen MR) is 127 cm³/mol. The largest absolute Gasteiger partial charge is 0.480 e. The first kappa shape index (κ1) is 22.0. The minimum Gasteiger partial charge on any atom is -0.480 e. The molecule has 0 aliphatic heterocycles. The van der Waals surface area contributed by atoms with E-state index in [0.29, 0.717) is 12.2 Å². The van der Waals surface area contributed by atoms with Crippen molar-refractivity contribution < 1.29 is 19.4 Å². The lowest BCUT2D eigenvalue weighted by Crippen LogP contribution is -2.41. The van der Waals surface area contributed by atoms with Gasteiger partial charge in [-0.2, -0.15) is 11.8 Å². The Hall–Kier alpha value is -3.25. The summed E-state index contributed by atoms with van der Waals surface area (Å²) in [5.74, 6) is 0.310. The number of fused-ring (bicyclic) bond motifs is 3. The number of carboxylic acid groups (broad SMARTS) is 1. The molecule has 0 radical (unpaired) electrons. The van der Waals surface area contributed by atoms with Gasteiger partial charge in [0.2, 0.25) is 0 Å². The molecular weight excluding hydrogens is 422 g/mol. The number of hydrogen-bond donors (Lipinski definition) is 2. The van der Waals surface area contributed by atoms with Crippen LogP contribution < -0.4 is 5.32 Å². The summed E-state index contributed by atoms with van der Waals surface area (Å²) >= 11 is 1.64. The second-order valence-corrected chi connectivity index (χ2v) is 8.79. The Balaban J connectivity index is 1.30. The van der Waals surface area contributed by atoms with E-state index < -0.39 is 18.1 Å². The highest BCUT2D eigenvalue weighted by Gasteiger charge is 2.29. The molecule has 1 aliphatic carbocycles. The van der Waals surface area contributed by atoms with Gasteiger partial charge in [0.15, 0.2) is 0 Å². The number of benzene rings is 3. The molecule has 32 heavy (non-hydrogen) atoms. The van der Waals surface area contributed by atoms with Gasteiger partial charge < -0.3 is 15.2 Å². The number of rotatable bonds is 9. The van der Waals surface area contributed by atoms with Crippen molar-refractivity contribution in [1.82, 2.24) is 5.32 Å². The van der Waals surface area contributed by atoms with E-state index in [0.717, 1.165) is 28.0 Å². The van der Waals surface area contributed by atoms with Gasteiger partial charge in [0.05, 0.1) is 0 Å². The minimum atomic E-state index is -1.06. The van der Waals surface area contributed by atoms with Crippen LogP contribution in [-0.4, -0.2) is 35.6 Å². The first-order valence-electron chi connectivity index (χ1n) is 10.6. The van der Waals surface area contributed by atoms with E-state index in [1.807, 2.05) is 66.7 Å². The molecule has 6 heteroatoms. The lowest BCUT2D eigenvalue weighted by atomic mass is 9.98. The van der Waals surface area contributed by atoms with Gasteiger partial charge in [-0.1, -0.05) is 78.9 Å². The van der Waals surface area contributed by atoms with Crippen LogP contribution in [0.25, 0.3) is 11.1 Å². The van der Waals surface area contributed by atoms with Gasteiger partial charge in [-0.15, -0.1) is 0 Å². The summed E-state index contributed by atoms with van der Waals surface area (Å²) in [6, 6.07) is 25.2. The summed E-state index contributed by atoms with van der Waals surface area (Å²) in [7, 11) is 0. The number of carbonyl (C=O) groups is 2. The molecule has 0 aromatic heterocycles. The van der Waals surface area contributed by atoms with Crippen LogP contribution in [0.3, 0.4) is 0 Å². The number of carboxylic acids is 1. The molecular formula is C26H25NO4S. The molecule has 0 saturated heterocycles. The van der Waals surface area contributed by atoms with E-state index in [1.54, 1.807) is 11.8 Å². The summed E-state index contributed by atoms with van der Waals surface area (Å²) in [6.45, 7) is 0.162. The zero-order valence-corrected chi connectivity index (χ0v) is 18.4. The molecule has 0 spiro atoms. The molecule has 1 amide bonds. The molecule has 1 atom stereocenters. The van der Waals surface area contributed by atoms with Gasteiger partial charge in [0, 0.05) is 11.7 Å². The zero-order valence-electron chi connectivity index (χ0n) is 17.6. The first-order valence-corrected chi connectivity index (χ1v) is 11.7. The molecule has 5 nitrogen and oxygen atoms in total. The number of aliphatic carboxylic acids is 1. The van der Waals surface area contributed by atoms with Crippen molar-refractivity contribution in [3.05, 3.63) is 95.6 Å². The third kappa shape index (κ3) is 5.14. The van der Waals surface area contributed by atoms with Crippen LogP contribution in [0.15, 0.2) is 78.9 Å². The van der Waals surface area contributed by atoms with Crippen LogP contribution in [0.2, 0.25) is 0 Å². The topological polar surface area (TPSA) is 75.6 Å². The molecule has 1 aliphatic rings. The number of thioether (sulfide) groups is 1. The van der Waals surface area contributed by atoms with Crippen molar-refractivity contribution in [2.24, 2.45) is 0 Å². The highest BCUT2D eigenvalue weighted by Crippen LogP contribution is 2.44. The summed E-state index contributed by atoms with van der Waals surface area (Å²) < 4.78 is 5.48. The molecule has 2 N–H and O–H groups in total. The molecule has 0 saturated carbocycles. The lowest BCUT2D eigenvalue weighted by molar-refractivity contribution is -0.139. The lowest BCUT2D eigenvalue weighted by Gasteiger charge is -2.17. The SMILES string of the molecule is O=C(N[C@@H](CCSCc1ccccc1)C(=O)O)OCC1c2ccccc2-c2ccccc21. The predicted octanol–water partition coefficient (Wildman–Crippen LogP) is 5.30. The Bertz CT molecular complexity index is 1040. The van der Waals surface area contributed by atoms with Crippen molar-refractivity contribution in [1.29, 1.82) is 0 Å². The van der Waals surface area contributed by atoms with Gasteiger partial charge in [-0.25, -0.2) is 9.59 Å². The number of carbonyl (C=O) groups excluding carboxylic acids is 1. The molecule has 0 unspecified atom stereocenters. The Morgan fingerprint density at radius 3 is 2.12 bits per heavy atom. The maximum Gasteiger partial charge on any atom is 0.407 e. The highest BCUT2D eigenvalue weighted by molar-refractivity contribution is 7.98. The number of amides is 1. The smallest absolute Gasteiger partial charge is 0.407 e. The maximum absolute atomic E-state index is 12.4. The van der Waals surface area contributed by atoms with E-state index in [4.69, 9.17) is 4.74 Å². The van der Waals surface area contributed by atoms with Crippen molar-refractivity contribution in [3.63, 3.8) is 0 Å². The highest BCUT2D eigenvalue weighted by atomic mass is 32.2. The van der Waals surface area contributed by atoms with E-state index in [9.17, 15) is 14.7 Å². The average Bonchev–Trinajstić information content (AvgIpc) is 3.14. The first-order chi connectivity index (χ1) is 15.6. The second kappa shape index (κ2) is 10.4. The average molecular weight is 448 g/mol. The standard InChI is InChI=1S/C26H25NO4S/c28-25(29)24(14-15-32-17-18-8-2-1-3-9-18)27-26(30)31-16-23-21-12-6-4-10-19(21)20-11-5-7-13-22(20)23/h1-13,23-24H,14-17H2,(H,27,30)(H,28,29)/t24-/m0/s1. The Labute approximate surface area is 191 Å². The van der Waals surface area contributed by atoms with Crippen molar-refractivity contribution in [2.75, 3.05) is 12.4 Å². The maximum atomic E-state index is 12.4. The third-order valence-electron chi connectivity index (χ3n) is 5.60. The van der Waals surface area contributed by atoms with Crippen molar-refractivity contribution in [3.8, 4) is 11.1 Å².